The fourth-order valence-electron chi connectivity index (χ4n) is 1.46. The first-order valence-corrected chi connectivity index (χ1v) is 6.91. The summed E-state index contributed by atoms with van der Waals surface area (Å²) in [6.45, 7) is 6.59. The number of carboxylic acids is 1. The lowest BCUT2D eigenvalue weighted by Crippen LogP contribution is -2.30. The molecule has 3 N–H and O–H groups in total. The van der Waals surface area contributed by atoms with Crippen molar-refractivity contribution < 1.29 is 14.7 Å². The topological polar surface area (TPSA) is 91.3 Å². The van der Waals surface area contributed by atoms with Crippen molar-refractivity contribution in [2.75, 3.05) is 6.54 Å². The number of nitrogens with zero attached hydrogens (tertiary/aromatic N) is 1. The number of aryl methyl sites for hydroxylation is 1. The van der Waals surface area contributed by atoms with Gasteiger partial charge in [0.05, 0.1) is 12.2 Å². The highest BCUT2D eigenvalue weighted by Gasteiger charge is 2.14. The molecule has 0 saturated carbocycles. The molecule has 1 rings (SSSR count). The van der Waals surface area contributed by atoms with E-state index in [1.165, 1.54) is 0 Å². The van der Waals surface area contributed by atoms with Gasteiger partial charge >= 0.3 is 5.97 Å². The molecule has 106 valence electrons. The van der Waals surface area contributed by atoms with E-state index in [1.54, 1.807) is 6.92 Å². The number of carbonyl (C=O) groups excluding carboxylic acids is 1. The van der Waals surface area contributed by atoms with Gasteiger partial charge in [0, 0.05) is 19.0 Å². The summed E-state index contributed by atoms with van der Waals surface area (Å²) in [7, 11) is 0. The second-order valence-electron chi connectivity index (χ2n) is 4.46. The highest BCUT2D eigenvalue weighted by atomic mass is 32.1. The van der Waals surface area contributed by atoms with Gasteiger partial charge in [-0.25, -0.2) is 9.78 Å². The van der Waals surface area contributed by atoms with E-state index >= 15 is 0 Å². The van der Waals surface area contributed by atoms with Gasteiger partial charge in [0.25, 0.3) is 0 Å². The molecule has 0 radical (unpaired) electrons. The number of carboxylic acid groups (broad SMARTS) is 1. The SMILES string of the molecule is Cc1nc(CNC(=O)CCNC(C)C)sc1C(=O)O. The van der Waals surface area contributed by atoms with Crippen molar-refractivity contribution in [2.45, 2.75) is 39.8 Å². The number of aromatic nitrogens is 1. The highest BCUT2D eigenvalue weighted by molar-refractivity contribution is 7.13. The Bertz CT molecular complexity index is 457. The van der Waals surface area contributed by atoms with Gasteiger partial charge in [-0.05, 0) is 6.92 Å². The Morgan fingerprint density at radius 1 is 1.42 bits per heavy atom. The smallest absolute Gasteiger partial charge is 0.347 e. The number of carbonyl (C=O) groups is 2. The Morgan fingerprint density at radius 3 is 2.63 bits per heavy atom. The van der Waals surface area contributed by atoms with Gasteiger partial charge in [0.1, 0.15) is 9.88 Å². The first-order valence-electron chi connectivity index (χ1n) is 6.09. The molecule has 0 atom stereocenters. The molecule has 6 nitrogen and oxygen atoms in total. The summed E-state index contributed by atoms with van der Waals surface area (Å²) in [6.07, 6.45) is 0.397. The zero-order chi connectivity index (χ0) is 14.4. The molecular formula is C12H19N3O3S. The molecule has 0 aliphatic carbocycles. The molecule has 0 fully saturated rings. The zero-order valence-electron chi connectivity index (χ0n) is 11.3. The van der Waals surface area contributed by atoms with Crippen molar-refractivity contribution in [1.29, 1.82) is 0 Å². The minimum absolute atomic E-state index is 0.0714. The molecule has 1 heterocycles. The first-order chi connectivity index (χ1) is 8.90. The van der Waals surface area contributed by atoms with Crippen LogP contribution in [0.25, 0.3) is 0 Å². The predicted molar refractivity (Wildman–Crippen MR) is 73.4 cm³/mol. The average Bonchev–Trinajstić information content (AvgIpc) is 2.67. The van der Waals surface area contributed by atoms with Crippen LogP contribution in [0.1, 0.15) is 40.6 Å². The van der Waals surface area contributed by atoms with E-state index in [4.69, 9.17) is 5.11 Å². The van der Waals surface area contributed by atoms with Gasteiger partial charge in [-0.1, -0.05) is 13.8 Å². The first kappa shape index (κ1) is 15.6. The minimum Gasteiger partial charge on any atom is -0.477 e. The number of rotatable bonds is 7. The molecule has 0 bridgehead atoms. The van der Waals surface area contributed by atoms with Gasteiger partial charge in [0.2, 0.25) is 5.91 Å². The van der Waals surface area contributed by atoms with Crippen LogP contribution < -0.4 is 10.6 Å². The maximum absolute atomic E-state index is 11.5. The van der Waals surface area contributed by atoms with Crippen molar-refractivity contribution in [3.05, 3.63) is 15.6 Å². The number of thiazole rings is 1. The summed E-state index contributed by atoms with van der Waals surface area (Å²) < 4.78 is 0. The third kappa shape index (κ3) is 5.35. The normalized spacial score (nSPS) is 10.7. The summed E-state index contributed by atoms with van der Waals surface area (Å²) in [5.74, 6) is -1.05. The summed E-state index contributed by atoms with van der Waals surface area (Å²) >= 11 is 1.10. The van der Waals surface area contributed by atoms with Crippen LogP contribution in [0, 0.1) is 6.92 Å². The molecule has 19 heavy (non-hydrogen) atoms. The van der Waals surface area contributed by atoms with Crippen LogP contribution in [0.2, 0.25) is 0 Å². The summed E-state index contributed by atoms with van der Waals surface area (Å²) in [4.78, 5) is 26.7. The van der Waals surface area contributed by atoms with Crippen LogP contribution >= 0.6 is 11.3 Å². The summed E-state index contributed by atoms with van der Waals surface area (Å²) in [6, 6.07) is 0.354. The Morgan fingerprint density at radius 2 is 2.11 bits per heavy atom. The molecule has 0 aliphatic rings. The Hall–Kier alpha value is -1.47. The highest BCUT2D eigenvalue weighted by Crippen LogP contribution is 2.17. The maximum Gasteiger partial charge on any atom is 0.347 e. The molecule has 1 aromatic rings. The van der Waals surface area contributed by atoms with E-state index in [1.807, 2.05) is 13.8 Å². The van der Waals surface area contributed by atoms with Crippen molar-refractivity contribution in [2.24, 2.45) is 0 Å². The number of amides is 1. The Balaban J connectivity index is 2.38. The zero-order valence-corrected chi connectivity index (χ0v) is 12.1. The number of nitrogens with one attached hydrogen (secondary N) is 2. The lowest BCUT2D eigenvalue weighted by molar-refractivity contribution is -0.121. The Kier molecular flexibility index (Phi) is 5.91. The molecule has 0 aromatic carbocycles. The van der Waals surface area contributed by atoms with Crippen LogP contribution in [0.5, 0.6) is 0 Å². The van der Waals surface area contributed by atoms with Gasteiger partial charge in [-0.15, -0.1) is 11.3 Å². The van der Waals surface area contributed by atoms with E-state index in [0.29, 0.717) is 29.7 Å². The maximum atomic E-state index is 11.5. The largest absolute Gasteiger partial charge is 0.477 e. The van der Waals surface area contributed by atoms with Crippen molar-refractivity contribution in [1.82, 2.24) is 15.6 Å². The molecule has 0 spiro atoms. The van der Waals surface area contributed by atoms with Crippen LogP contribution in [0.3, 0.4) is 0 Å². The van der Waals surface area contributed by atoms with E-state index < -0.39 is 5.97 Å². The number of hydrogen-bond acceptors (Lipinski definition) is 5. The fraction of sp³-hybridized carbons (Fsp3) is 0.583. The summed E-state index contributed by atoms with van der Waals surface area (Å²) in [5, 5.41) is 15.4. The molecule has 1 aromatic heterocycles. The number of aromatic carboxylic acids is 1. The minimum atomic E-state index is -0.978. The standard InChI is InChI=1S/C12H19N3O3S/c1-7(2)13-5-4-9(16)14-6-10-15-8(3)11(19-10)12(17)18/h7,13H,4-6H2,1-3H3,(H,14,16)(H,17,18). The van der Waals surface area contributed by atoms with Crippen LogP contribution in [-0.2, 0) is 11.3 Å². The predicted octanol–water partition coefficient (Wildman–Crippen LogP) is 1.15. The lowest BCUT2D eigenvalue weighted by Gasteiger charge is -2.07. The molecule has 0 saturated heterocycles. The summed E-state index contributed by atoms with van der Waals surface area (Å²) in [5.41, 5.74) is 0.489. The van der Waals surface area contributed by atoms with Gasteiger partial charge in [0.15, 0.2) is 0 Å². The van der Waals surface area contributed by atoms with Gasteiger partial charge < -0.3 is 15.7 Å². The average molecular weight is 285 g/mol. The van der Waals surface area contributed by atoms with E-state index in [-0.39, 0.29) is 17.3 Å². The molecule has 7 heteroatoms. The second-order valence-corrected chi connectivity index (χ2v) is 5.55. The molecular weight excluding hydrogens is 266 g/mol. The third-order valence-corrected chi connectivity index (χ3v) is 3.52. The monoisotopic (exact) mass is 285 g/mol. The van der Waals surface area contributed by atoms with Crippen molar-refractivity contribution >= 4 is 23.2 Å². The van der Waals surface area contributed by atoms with Crippen LogP contribution in [-0.4, -0.2) is 34.6 Å². The van der Waals surface area contributed by atoms with E-state index in [0.717, 1.165) is 11.3 Å². The van der Waals surface area contributed by atoms with Crippen LogP contribution in [0.15, 0.2) is 0 Å². The molecule has 0 aliphatic heterocycles. The third-order valence-electron chi connectivity index (χ3n) is 2.38. The quantitative estimate of drug-likeness (QED) is 0.699. The second kappa shape index (κ2) is 7.20. The van der Waals surface area contributed by atoms with Gasteiger partial charge in [-0.3, -0.25) is 4.79 Å². The molecule has 0 unspecified atom stereocenters. The van der Waals surface area contributed by atoms with Crippen LogP contribution in [0.4, 0.5) is 0 Å². The lowest BCUT2D eigenvalue weighted by atomic mass is 10.3. The van der Waals surface area contributed by atoms with Gasteiger partial charge in [-0.2, -0.15) is 0 Å². The Labute approximate surface area is 116 Å². The van der Waals surface area contributed by atoms with Crippen molar-refractivity contribution in [3.8, 4) is 0 Å². The fourth-order valence-corrected chi connectivity index (χ4v) is 2.31. The van der Waals surface area contributed by atoms with Crippen molar-refractivity contribution in [3.63, 3.8) is 0 Å². The number of hydrogen-bond donors (Lipinski definition) is 3. The van der Waals surface area contributed by atoms with E-state index in [2.05, 4.69) is 15.6 Å². The van der Waals surface area contributed by atoms with E-state index in [9.17, 15) is 9.59 Å². The molecule has 1 amide bonds.